The molecule has 2 aromatic rings. The number of hydrogen-bond donors (Lipinski definition) is 2. The van der Waals surface area contributed by atoms with Gasteiger partial charge in [-0.3, -0.25) is 14.9 Å². The number of aromatic nitrogens is 1. The van der Waals surface area contributed by atoms with Gasteiger partial charge in [0, 0.05) is 77.2 Å². The van der Waals surface area contributed by atoms with Crippen LogP contribution in [-0.4, -0.2) is 73.1 Å². The first-order valence-electron chi connectivity index (χ1n) is 11.2. The molecule has 6 heteroatoms. The van der Waals surface area contributed by atoms with Crippen LogP contribution in [0, 0.1) is 0 Å². The van der Waals surface area contributed by atoms with Gasteiger partial charge in [0.05, 0.1) is 0 Å². The highest BCUT2D eigenvalue weighted by atomic mass is 15.3. The lowest BCUT2D eigenvalue weighted by Gasteiger charge is -2.34. The van der Waals surface area contributed by atoms with E-state index in [0.29, 0.717) is 0 Å². The molecule has 1 aliphatic heterocycles. The summed E-state index contributed by atoms with van der Waals surface area (Å²) in [5.74, 6) is 0.904. The predicted molar refractivity (Wildman–Crippen MR) is 125 cm³/mol. The topological polar surface area (TPSA) is 55.8 Å². The van der Waals surface area contributed by atoms with Gasteiger partial charge >= 0.3 is 0 Å². The minimum Gasteiger partial charge on any atom is -0.357 e. The van der Waals surface area contributed by atoms with Crippen molar-refractivity contribution in [2.24, 2.45) is 4.99 Å². The molecule has 1 aromatic heterocycles. The number of benzene rings is 1. The molecular formula is C24H36N6. The van der Waals surface area contributed by atoms with Crippen molar-refractivity contribution in [3.63, 3.8) is 0 Å². The number of nitrogens with one attached hydrogen (secondary N) is 2. The zero-order valence-electron chi connectivity index (χ0n) is 18.3. The molecule has 0 atom stereocenters. The molecule has 1 aliphatic rings. The third-order valence-electron chi connectivity index (χ3n) is 5.36. The van der Waals surface area contributed by atoms with Crippen molar-refractivity contribution in [2.75, 3.05) is 52.4 Å². The molecule has 2 N–H and O–H groups in total. The molecule has 162 valence electrons. The predicted octanol–water partition coefficient (Wildman–Crippen LogP) is 2.39. The summed E-state index contributed by atoms with van der Waals surface area (Å²) in [4.78, 5) is 14.2. The van der Waals surface area contributed by atoms with Crippen LogP contribution in [0.15, 0.2) is 59.7 Å². The van der Waals surface area contributed by atoms with Gasteiger partial charge in [0.1, 0.15) is 0 Å². The minimum atomic E-state index is 0.840. The molecule has 0 saturated carbocycles. The van der Waals surface area contributed by atoms with E-state index in [-0.39, 0.29) is 0 Å². The highest BCUT2D eigenvalue weighted by Gasteiger charge is 2.16. The van der Waals surface area contributed by atoms with E-state index in [1.165, 1.54) is 5.56 Å². The molecule has 0 spiro atoms. The molecule has 6 nitrogen and oxygen atoms in total. The molecule has 1 fully saturated rings. The molecule has 0 unspecified atom stereocenters. The van der Waals surface area contributed by atoms with Crippen molar-refractivity contribution >= 4 is 5.96 Å². The third kappa shape index (κ3) is 8.13. The second-order valence-electron chi connectivity index (χ2n) is 7.72. The van der Waals surface area contributed by atoms with Crippen molar-refractivity contribution in [3.8, 4) is 0 Å². The standard InChI is InChI=1S/C24H36N6/c1-2-25-24(28-15-12-23-11-6-7-13-26-23)27-14-8-16-29-17-19-30(20-18-29)21-22-9-4-3-5-10-22/h3-7,9-11,13H,2,8,12,14-21H2,1H3,(H2,25,27,28). The lowest BCUT2D eigenvalue weighted by molar-refractivity contribution is 0.127. The van der Waals surface area contributed by atoms with Gasteiger partial charge in [-0.1, -0.05) is 36.4 Å². The van der Waals surface area contributed by atoms with Gasteiger partial charge in [-0.15, -0.1) is 0 Å². The Morgan fingerprint density at radius 2 is 1.73 bits per heavy atom. The zero-order valence-corrected chi connectivity index (χ0v) is 18.3. The monoisotopic (exact) mass is 408 g/mol. The van der Waals surface area contributed by atoms with E-state index in [1.54, 1.807) is 0 Å². The van der Waals surface area contributed by atoms with E-state index >= 15 is 0 Å². The molecule has 1 saturated heterocycles. The number of rotatable bonds is 10. The normalized spacial score (nSPS) is 15.8. The smallest absolute Gasteiger partial charge is 0.191 e. The summed E-state index contributed by atoms with van der Waals surface area (Å²) >= 11 is 0. The highest BCUT2D eigenvalue weighted by Crippen LogP contribution is 2.08. The van der Waals surface area contributed by atoms with Crippen LogP contribution < -0.4 is 10.6 Å². The fourth-order valence-corrected chi connectivity index (χ4v) is 3.69. The molecule has 0 radical (unpaired) electrons. The van der Waals surface area contributed by atoms with E-state index in [9.17, 15) is 0 Å². The largest absolute Gasteiger partial charge is 0.357 e. The molecule has 3 rings (SSSR count). The Kier molecular flexibility index (Phi) is 9.63. The SMILES string of the molecule is CCNC(=NCCCN1CCN(Cc2ccccc2)CC1)NCCc1ccccn1. The van der Waals surface area contributed by atoms with Gasteiger partial charge in [-0.25, -0.2) is 0 Å². The Morgan fingerprint density at radius 3 is 2.47 bits per heavy atom. The fourth-order valence-electron chi connectivity index (χ4n) is 3.69. The van der Waals surface area contributed by atoms with E-state index < -0.39 is 0 Å². The van der Waals surface area contributed by atoms with Crippen LogP contribution in [0.5, 0.6) is 0 Å². The average molecular weight is 409 g/mol. The number of piperazine rings is 1. The van der Waals surface area contributed by atoms with Crippen LogP contribution in [-0.2, 0) is 13.0 Å². The van der Waals surface area contributed by atoms with Crippen LogP contribution in [0.4, 0.5) is 0 Å². The van der Waals surface area contributed by atoms with Gasteiger partial charge < -0.3 is 15.5 Å². The van der Waals surface area contributed by atoms with Crippen LogP contribution >= 0.6 is 0 Å². The zero-order chi connectivity index (χ0) is 20.9. The average Bonchev–Trinajstić information content (AvgIpc) is 2.79. The molecule has 2 heterocycles. The van der Waals surface area contributed by atoms with Crippen LogP contribution in [0.2, 0.25) is 0 Å². The maximum atomic E-state index is 4.74. The molecule has 1 aromatic carbocycles. The molecule has 0 amide bonds. The van der Waals surface area contributed by atoms with Crippen molar-refractivity contribution in [3.05, 3.63) is 66.0 Å². The summed E-state index contributed by atoms with van der Waals surface area (Å²) in [7, 11) is 0. The summed E-state index contributed by atoms with van der Waals surface area (Å²) in [6, 6.07) is 16.8. The third-order valence-corrected chi connectivity index (χ3v) is 5.36. The first-order chi connectivity index (χ1) is 14.8. The Hall–Kier alpha value is -2.44. The summed E-state index contributed by atoms with van der Waals surface area (Å²) in [5, 5.41) is 6.75. The van der Waals surface area contributed by atoms with Crippen molar-refractivity contribution in [2.45, 2.75) is 26.3 Å². The molecule has 0 bridgehead atoms. The fraction of sp³-hybridized carbons (Fsp3) is 0.500. The number of hydrogen-bond acceptors (Lipinski definition) is 4. The minimum absolute atomic E-state index is 0.840. The Balaban J connectivity index is 1.30. The van der Waals surface area contributed by atoms with Crippen LogP contribution in [0.1, 0.15) is 24.6 Å². The Morgan fingerprint density at radius 1 is 0.967 bits per heavy atom. The van der Waals surface area contributed by atoms with Crippen molar-refractivity contribution < 1.29 is 0 Å². The Labute approximate surface area is 181 Å². The van der Waals surface area contributed by atoms with E-state index in [4.69, 9.17) is 4.99 Å². The van der Waals surface area contributed by atoms with Gasteiger partial charge in [-0.05, 0) is 31.0 Å². The summed E-state index contributed by atoms with van der Waals surface area (Å²) < 4.78 is 0. The second-order valence-corrected chi connectivity index (χ2v) is 7.72. The van der Waals surface area contributed by atoms with E-state index in [0.717, 1.165) is 83.4 Å². The molecular weight excluding hydrogens is 372 g/mol. The molecule has 30 heavy (non-hydrogen) atoms. The number of pyridine rings is 1. The summed E-state index contributed by atoms with van der Waals surface area (Å²) in [6.07, 6.45) is 3.84. The molecule has 0 aliphatic carbocycles. The van der Waals surface area contributed by atoms with Gasteiger partial charge in [0.15, 0.2) is 5.96 Å². The summed E-state index contributed by atoms with van der Waals surface area (Å²) in [6.45, 7) is 11.5. The van der Waals surface area contributed by atoms with Gasteiger partial charge in [0.25, 0.3) is 0 Å². The second kappa shape index (κ2) is 13.0. The first kappa shape index (κ1) is 22.2. The number of aliphatic imine (C=N–C) groups is 1. The van der Waals surface area contributed by atoms with Gasteiger partial charge in [-0.2, -0.15) is 0 Å². The summed E-state index contributed by atoms with van der Waals surface area (Å²) in [5.41, 5.74) is 2.51. The number of nitrogens with zero attached hydrogens (tertiary/aromatic N) is 4. The van der Waals surface area contributed by atoms with Crippen molar-refractivity contribution in [1.29, 1.82) is 0 Å². The Bertz CT molecular complexity index is 726. The van der Waals surface area contributed by atoms with Crippen molar-refractivity contribution in [1.82, 2.24) is 25.4 Å². The van der Waals surface area contributed by atoms with E-state index in [2.05, 4.69) is 68.7 Å². The van der Waals surface area contributed by atoms with Gasteiger partial charge in [0.2, 0.25) is 0 Å². The van der Waals surface area contributed by atoms with Crippen LogP contribution in [0.25, 0.3) is 0 Å². The quantitative estimate of drug-likeness (QED) is 0.359. The highest BCUT2D eigenvalue weighted by molar-refractivity contribution is 5.79. The lowest BCUT2D eigenvalue weighted by Crippen LogP contribution is -2.46. The maximum absolute atomic E-state index is 4.74. The first-order valence-corrected chi connectivity index (χ1v) is 11.2. The lowest BCUT2D eigenvalue weighted by atomic mass is 10.2. The van der Waals surface area contributed by atoms with E-state index in [1.807, 2.05) is 18.3 Å². The maximum Gasteiger partial charge on any atom is 0.191 e. The van der Waals surface area contributed by atoms with Crippen LogP contribution in [0.3, 0.4) is 0 Å². The number of guanidine groups is 1.